The second-order valence-electron chi connectivity index (χ2n) is 8.91. The van der Waals surface area contributed by atoms with Crippen LogP contribution in [0.25, 0.3) is 0 Å². The number of urea groups is 1. The summed E-state index contributed by atoms with van der Waals surface area (Å²) in [5, 5.41) is 6.18. The number of hydrogen-bond acceptors (Lipinski definition) is 8. The maximum absolute atomic E-state index is 12.8. The smallest absolute Gasteiger partial charge is 0.327 e. The molecule has 2 aliphatic heterocycles. The Balaban J connectivity index is 1.32. The number of aromatic nitrogens is 2. The monoisotopic (exact) mass is 469 g/mol. The van der Waals surface area contributed by atoms with Crippen molar-refractivity contribution in [3.63, 3.8) is 0 Å². The van der Waals surface area contributed by atoms with Gasteiger partial charge in [-0.2, -0.15) is 4.98 Å². The van der Waals surface area contributed by atoms with Gasteiger partial charge in [0.1, 0.15) is 17.3 Å². The van der Waals surface area contributed by atoms with E-state index in [-0.39, 0.29) is 6.03 Å². The van der Waals surface area contributed by atoms with E-state index in [4.69, 9.17) is 9.47 Å². The van der Waals surface area contributed by atoms with Crippen LogP contribution in [0.2, 0.25) is 0 Å². The van der Waals surface area contributed by atoms with Crippen LogP contribution in [-0.4, -0.2) is 85.8 Å². The number of rotatable bonds is 9. The quantitative estimate of drug-likeness (QED) is 0.542. The fourth-order valence-electron chi connectivity index (χ4n) is 4.33. The third-order valence-electron chi connectivity index (χ3n) is 6.55. The van der Waals surface area contributed by atoms with Gasteiger partial charge in [-0.1, -0.05) is 0 Å². The molecule has 0 spiro atoms. The highest BCUT2D eigenvalue weighted by Gasteiger charge is 2.26. The normalized spacial score (nSPS) is 17.6. The maximum Gasteiger partial charge on any atom is 0.327 e. The molecule has 2 amide bonds. The Hall–Kier alpha value is -3.11. The molecule has 1 aromatic heterocycles. The molecule has 0 saturated carbocycles. The summed E-state index contributed by atoms with van der Waals surface area (Å²) in [6, 6.07) is 5.68. The lowest BCUT2D eigenvalue weighted by Gasteiger charge is -2.36. The highest BCUT2D eigenvalue weighted by Crippen LogP contribution is 2.32. The maximum atomic E-state index is 12.8. The molecule has 10 heteroatoms. The van der Waals surface area contributed by atoms with Gasteiger partial charge in [-0.3, -0.25) is 15.1 Å². The summed E-state index contributed by atoms with van der Waals surface area (Å²) in [4.78, 5) is 28.4. The zero-order chi connectivity index (χ0) is 24.1. The molecule has 10 nitrogen and oxygen atoms in total. The number of anilines is 3. The van der Waals surface area contributed by atoms with Crippen molar-refractivity contribution in [2.24, 2.45) is 0 Å². The van der Waals surface area contributed by atoms with E-state index in [9.17, 15) is 4.79 Å². The number of likely N-dealkylation sites (N-methyl/N-ethyl adjacent to an activating group) is 1. The van der Waals surface area contributed by atoms with Gasteiger partial charge in [-0.25, -0.2) is 9.78 Å². The molecule has 2 aromatic rings. The first-order chi connectivity index (χ1) is 16.5. The average molecular weight is 470 g/mol. The van der Waals surface area contributed by atoms with E-state index in [0.717, 1.165) is 51.1 Å². The topological polar surface area (TPSA) is 95.1 Å². The van der Waals surface area contributed by atoms with Crippen molar-refractivity contribution in [1.82, 2.24) is 19.8 Å². The first kappa shape index (κ1) is 24.0. The summed E-state index contributed by atoms with van der Waals surface area (Å²) in [7, 11) is 5.35. The number of nitrogens with zero attached hydrogens (tertiary/aromatic N) is 5. The van der Waals surface area contributed by atoms with Gasteiger partial charge >= 0.3 is 6.03 Å². The predicted octanol–water partition coefficient (Wildman–Crippen LogP) is 2.87. The minimum Gasteiger partial charge on any atom is -0.497 e. The molecule has 1 saturated heterocycles. The average Bonchev–Trinajstić information content (AvgIpc) is 2.86. The largest absolute Gasteiger partial charge is 0.497 e. The lowest BCUT2D eigenvalue weighted by Crippen LogP contribution is -2.48. The van der Waals surface area contributed by atoms with Crippen molar-refractivity contribution in [3.05, 3.63) is 30.0 Å². The van der Waals surface area contributed by atoms with E-state index in [0.29, 0.717) is 41.5 Å². The van der Waals surface area contributed by atoms with Crippen molar-refractivity contribution in [3.8, 4) is 11.5 Å². The molecule has 3 heterocycles. The highest BCUT2D eigenvalue weighted by molar-refractivity contribution is 6.03. The summed E-state index contributed by atoms with van der Waals surface area (Å²) in [6.45, 7) is 8.01. The van der Waals surface area contributed by atoms with Gasteiger partial charge in [0.05, 0.1) is 26.5 Å². The number of ether oxygens (including phenoxy) is 2. The molecule has 1 unspecified atom stereocenters. The van der Waals surface area contributed by atoms with E-state index in [1.54, 1.807) is 43.5 Å². The SMILES string of the molecule is COc1cc(OC)cc(N2Cc3cnc(NCCCC(C)N4CCN(C)CC4)nc3NC2=O)c1. The van der Waals surface area contributed by atoms with Crippen LogP contribution >= 0.6 is 0 Å². The van der Waals surface area contributed by atoms with Crippen molar-refractivity contribution < 1.29 is 14.3 Å². The molecule has 2 N–H and O–H groups in total. The van der Waals surface area contributed by atoms with Gasteiger partial charge in [0, 0.05) is 68.7 Å². The Morgan fingerprint density at radius 2 is 1.82 bits per heavy atom. The van der Waals surface area contributed by atoms with Crippen molar-refractivity contribution in [2.75, 3.05) is 69.5 Å². The molecule has 1 atom stereocenters. The fraction of sp³-hybridized carbons (Fsp3) is 0.542. The molecule has 0 bridgehead atoms. The summed E-state index contributed by atoms with van der Waals surface area (Å²) in [5.41, 5.74) is 1.52. The Morgan fingerprint density at radius 3 is 2.50 bits per heavy atom. The first-order valence-electron chi connectivity index (χ1n) is 11.8. The molecule has 0 radical (unpaired) electrons. The molecule has 2 aliphatic rings. The second kappa shape index (κ2) is 10.9. The minimum absolute atomic E-state index is 0.256. The molecule has 4 rings (SSSR count). The van der Waals surface area contributed by atoms with E-state index in [2.05, 4.69) is 44.4 Å². The van der Waals surface area contributed by atoms with Crippen LogP contribution in [0, 0.1) is 0 Å². The summed E-state index contributed by atoms with van der Waals surface area (Å²) < 4.78 is 10.7. The van der Waals surface area contributed by atoms with Crippen LogP contribution < -0.4 is 25.0 Å². The molecule has 34 heavy (non-hydrogen) atoms. The lowest BCUT2D eigenvalue weighted by molar-refractivity contribution is 0.114. The Kier molecular flexibility index (Phi) is 7.69. The van der Waals surface area contributed by atoms with Crippen LogP contribution in [0.3, 0.4) is 0 Å². The van der Waals surface area contributed by atoms with Crippen LogP contribution in [0.4, 0.5) is 22.2 Å². The molecular formula is C24H35N7O3. The van der Waals surface area contributed by atoms with Gasteiger partial charge in [-0.15, -0.1) is 0 Å². The summed E-state index contributed by atoms with van der Waals surface area (Å²) in [6.07, 6.45) is 3.92. The number of carbonyl (C=O) groups is 1. The van der Waals surface area contributed by atoms with Gasteiger partial charge in [0.15, 0.2) is 0 Å². The number of nitrogens with one attached hydrogen (secondary N) is 2. The van der Waals surface area contributed by atoms with E-state index >= 15 is 0 Å². The van der Waals surface area contributed by atoms with Gasteiger partial charge in [-0.05, 0) is 26.8 Å². The molecule has 1 aromatic carbocycles. The zero-order valence-electron chi connectivity index (χ0n) is 20.5. The molecule has 1 fully saturated rings. The van der Waals surface area contributed by atoms with Gasteiger partial charge in [0.25, 0.3) is 0 Å². The Labute approximate surface area is 201 Å². The highest BCUT2D eigenvalue weighted by atomic mass is 16.5. The number of benzene rings is 1. The number of piperazine rings is 1. The fourth-order valence-corrected chi connectivity index (χ4v) is 4.33. The van der Waals surface area contributed by atoms with Crippen molar-refractivity contribution in [2.45, 2.75) is 32.4 Å². The van der Waals surface area contributed by atoms with Crippen LogP contribution in [0.5, 0.6) is 11.5 Å². The third-order valence-corrected chi connectivity index (χ3v) is 6.55. The lowest BCUT2D eigenvalue weighted by atomic mass is 10.1. The van der Waals surface area contributed by atoms with Gasteiger partial charge < -0.3 is 19.7 Å². The van der Waals surface area contributed by atoms with E-state index in [1.807, 2.05) is 0 Å². The first-order valence-corrected chi connectivity index (χ1v) is 11.8. The number of carbonyl (C=O) groups excluding carboxylic acids is 1. The molecule has 184 valence electrons. The number of amides is 2. The van der Waals surface area contributed by atoms with Crippen LogP contribution in [-0.2, 0) is 6.54 Å². The zero-order valence-corrected chi connectivity index (χ0v) is 20.5. The van der Waals surface area contributed by atoms with Crippen LogP contribution in [0.15, 0.2) is 24.4 Å². The minimum atomic E-state index is -0.256. The van der Waals surface area contributed by atoms with Gasteiger partial charge in [0.2, 0.25) is 5.95 Å². The number of hydrogen-bond donors (Lipinski definition) is 2. The second-order valence-corrected chi connectivity index (χ2v) is 8.91. The van der Waals surface area contributed by atoms with E-state index < -0.39 is 0 Å². The Morgan fingerprint density at radius 1 is 1.12 bits per heavy atom. The Bertz CT molecular complexity index is 972. The molecular weight excluding hydrogens is 434 g/mol. The summed E-state index contributed by atoms with van der Waals surface area (Å²) in [5.74, 6) is 2.30. The standard InChI is InChI=1S/C24H35N7O3/c1-17(30-10-8-29(2)9-11-30)6-5-7-25-23-26-15-18-16-31(24(32)28-22(18)27-23)19-12-20(33-3)14-21(13-19)34-4/h12-15,17H,5-11,16H2,1-4H3,(H2,25,26,27,28,32). The third kappa shape index (κ3) is 5.68. The van der Waals surface area contributed by atoms with Crippen LogP contribution in [0.1, 0.15) is 25.3 Å². The van der Waals surface area contributed by atoms with E-state index in [1.165, 1.54) is 0 Å². The molecule has 0 aliphatic carbocycles. The van der Waals surface area contributed by atoms with Crippen molar-refractivity contribution >= 4 is 23.5 Å². The number of methoxy groups -OCH3 is 2. The van der Waals surface area contributed by atoms with Crippen molar-refractivity contribution in [1.29, 1.82) is 0 Å². The number of fused-ring (bicyclic) bond motifs is 1. The summed E-state index contributed by atoms with van der Waals surface area (Å²) >= 11 is 0. The predicted molar refractivity (Wildman–Crippen MR) is 133 cm³/mol.